The van der Waals surface area contributed by atoms with Gasteiger partial charge in [-0.2, -0.15) is 0 Å². The second-order valence-corrected chi connectivity index (χ2v) is 12.3. The van der Waals surface area contributed by atoms with Crippen molar-refractivity contribution in [3.8, 4) is 0 Å². The molecule has 0 bridgehead atoms. The summed E-state index contributed by atoms with van der Waals surface area (Å²) in [6, 6.07) is 7.21. The van der Waals surface area contributed by atoms with E-state index >= 15 is 0 Å². The molecule has 3 saturated carbocycles. The van der Waals surface area contributed by atoms with Gasteiger partial charge in [-0.3, -0.25) is 9.59 Å². The van der Waals surface area contributed by atoms with Gasteiger partial charge in [0.05, 0.1) is 6.10 Å². The summed E-state index contributed by atoms with van der Waals surface area (Å²) in [5.41, 5.74) is 10.2. The average molecular weight is 490 g/mol. The first-order chi connectivity index (χ1) is 17.1. The Kier molecular flexibility index (Phi) is 5.16. The van der Waals surface area contributed by atoms with Crippen LogP contribution in [0.15, 0.2) is 41.0 Å². The number of carbonyl (C=O) groups is 2. The SMILES string of the molecule is CC(=O)[C@@]12O[C@](C)(c3ccc(N=[N+]=[N-])cc3)O[C@@H]1C[C@H]1[C@@H]3CCC4=CC(=O)CC[C@]4(C)[C@H]3CC[C@@]12C. The molecule has 4 fully saturated rings. The summed E-state index contributed by atoms with van der Waals surface area (Å²) in [5, 5.41) is 3.66. The summed E-state index contributed by atoms with van der Waals surface area (Å²) in [5.74, 6) is 0.665. The second kappa shape index (κ2) is 7.77. The first-order valence-corrected chi connectivity index (χ1v) is 13.4. The van der Waals surface area contributed by atoms with E-state index in [1.807, 2.05) is 25.1 Å². The van der Waals surface area contributed by atoms with E-state index in [9.17, 15) is 9.59 Å². The molecule has 0 amide bonds. The second-order valence-electron chi connectivity index (χ2n) is 12.3. The normalized spacial score (nSPS) is 45.0. The third-order valence-electron chi connectivity index (χ3n) is 10.9. The number of rotatable bonds is 3. The lowest BCUT2D eigenvalue weighted by Crippen LogP contribution is -2.59. The Morgan fingerprint density at radius 1 is 1.08 bits per heavy atom. The van der Waals surface area contributed by atoms with Crippen molar-refractivity contribution in [2.75, 3.05) is 0 Å². The Balaban J connectivity index is 1.35. The summed E-state index contributed by atoms with van der Waals surface area (Å²) < 4.78 is 13.6. The van der Waals surface area contributed by atoms with Crippen LogP contribution in [0.3, 0.4) is 0 Å². The van der Waals surface area contributed by atoms with Crippen LogP contribution in [0.25, 0.3) is 10.4 Å². The summed E-state index contributed by atoms with van der Waals surface area (Å²) in [7, 11) is 0. The van der Waals surface area contributed by atoms with Gasteiger partial charge in [-0.25, -0.2) is 0 Å². The predicted octanol–water partition coefficient (Wildman–Crippen LogP) is 6.69. The Bertz CT molecular complexity index is 1220. The standard InChI is InChI=1S/C29H35N3O4/c1-17(33)29-25(35-28(4,36-29)18-5-8-20(9-6-18)31-32-30)16-24-22-10-7-19-15-21(34)11-13-26(19,2)23(22)12-14-27(24,29)3/h5-6,8-9,15,22-25H,7,10-14,16H2,1-4H3/t22-,23+,24+,25-,26+,27+,28-,29-/m1/s1. The van der Waals surface area contributed by atoms with Gasteiger partial charge < -0.3 is 9.47 Å². The summed E-state index contributed by atoms with van der Waals surface area (Å²) in [6.07, 6.45) is 8.06. The third kappa shape index (κ3) is 2.97. The minimum atomic E-state index is -1.05. The van der Waals surface area contributed by atoms with Crippen LogP contribution in [0.1, 0.15) is 78.2 Å². The number of hydrogen-bond donors (Lipinski definition) is 0. The number of fused-ring (bicyclic) bond motifs is 7. The van der Waals surface area contributed by atoms with E-state index in [1.54, 1.807) is 19.1 Å². The molecule has 0 unspecified atom stereocenters. The Morgan fingerprint density at radius 3 is 2.53 bits per heavy atom. The Labute approximate surface area is 212 Å². The number of ether oxygens (including phenoxy) is 2. The van der Waals surface area contributed by atoms with E-state index in [0.717, 1.165) is 44.1 Å². The van der Waals surface area contributed by atoms with E-state index in [-0.39, 0.29) is 28.5 Å². The fourth-order valence-corrected chi connectivity index (χ4v) is 9.17. The minimum absolute atomic E-state index is 0.0521. The van der Waals surface area contributed by atoms with Crippen molar-refractivity contribution in [3.05, 3.63) is 51.9 Å². The molecule has 0 spiro atoms. The van der Waals surface area contributed by atoms with Gasteiger partial charge in [-0.1, -0.05) is 48.8 Å². The fraction of sp³-hybridized carbons (Fsp3) is 0.655. The molecule has 0 aromatic heterocycles. The highest BCUT2D eigenvalue weighted by Gasteiger charge is 2.75. The smallest absolute Gasteiger partial charge is 0.193 e. The van der Waals surface area contributed by atoms with Crippen LogP contribution >= 0.6 is 0 Å². The summed E-state index contributed by atoms with van der Waals surface area (Å²) in [4.78, 5) is 28.6. The molecule has 190 valence electrons. The number of ketones is 2. The zero-order valence-electron chi connectivity index (χ0n) is 21.6. The van der Waals surface area contributed by atoms with Gasteiger partial charge in [0.25, 0.3) is 0 Å². The van der Waals surface area contributed by atoms with E-state index in [4.69, 9.17) is 15.0 Å². The Morgan fingerprint density at radius 2 is 1.83 bits per heavy atom. The topological polar surface area (TPSA) is 101 Å². The fourth-order valence-electron chi connectivity index (χ4n) is 9.17. The largest absolute Gasteiger partial charge is 0.339 e. The van der Waals surface area contributed by atoms with Crippen molar-refractivity contribution in [2.24, 2.45) is 33.7 Å². The molecule has 1 aliphatic heterocycles. The molecule has 4 aliphatic carbocycles. The monoisotopic (exact) mass is 489 g/mol. The lowest BCUT2D eigenvalue weighted by molar-refractivity contribution is -0.227. The molecule has 7 nitrogen and oxygen atoms in total. The zero-order valence-corrected chi connectivity index (χ0v) is 21.6. The number of azide groups is 1. The Hall–Kier alpha value is -2.47. The highest BCUT2D eigenvalue weighted by molar-refractivity contribution is 5.91. The summed E-state index contributed by atoms with van der Waals surface area (Å²) in [6.45, 7) is 8.22. The molecule has 0 radical (unpaired) electrons. The van der Waals surface area contributed by atoms with Gasteiger partial charge in [0.2, 0.25) is 0 Å². The molecule has 1 saturated heterocycles. The number of carbonyl (C=O) groups excluding carboxylic acids is 2. The van der Waals surface area contributed by atoms with Gasteiger partial charge in [-0.15, -0.1) is 0 Å². The predicted molar refractivity (Wildman–Crippen MR) is 134 cm³/mol. The molecular formula is C29H35N3O4. The molecule has 7 heteroatoms. The maximum absolute atomic E-state index is 13.5. The van der Waals surface area contributed by atoms with Crippen LogP contribution < -0.4 is 0 Å². The summed E-state index contributed by atoms with van der Waals surface area (Å²) >= 11 is 0. The van der Waals surface area contributed by atoms with Crippen molar-refractivity contribution in [1.82, 2.24) is 0 Å². The maximum atomic E-state index is 13.5. The van der Waals surface area contributed by atoms with Crippen molar-refractivity contribution in [1.29, 1.82) is 0 Å². The van der Waals surface area contributed by atoms with Crippen LogP contribution in [0.2, 0.25) is 0 Å². The number of hydrogen-bond acceptors (Lipinski definition) is 5. The number of nitrogens with zero attached hydrogens (tertiary/aromatic N) is 3. The molecule has 36 heavy (non-hydrogen) atoms. The first kappa shape index (κ1) is 23.9. The average Bonchev–Trinajstić information content (AvgIpc) is 3.29. The zero-order chi connectivity index (χ0) is 25.5. The molecule has 1 aromatic carbocycles. The van der Waals surface area contributed by atoms with Crippen molar-refractivity contribution >= 4 is 17.3 Å². The number of allylic oxidation sites excluding steroid dienone is 1. The van der Waals surface area contributed by atoms with Gasteiger partial charge in [0.15, 0.2) is 23.0 Å². The molecular weight excluding hydrogens is 454 g/mol. The van der Waals surface area contributed by atoms with Gasteiger partial charge >= 0.3 is 0 Å². The van der Waals surface area contributed by atoms with Gasteiger partial charge in [-0.05, 0) is 87.1 Å². The molecule has 0 N–H and O–H groups in total. The van der Waals surface area contributed by atoms with Gasteiger partial charge in [0, 0.05) is 28.0 Å². The minimum Gasteiger partial charge on any atom is -0.339 e. The van der Waals surface area contributed by atoms with E-state index in [2.05, 4.69) is 23.9 Å². The van der Waals surface area contributed by atoms with Gasteiger partial charge in [0.1, 0.15) is 0 Å². The van der Waals surface area contributed by atoms with E-state index < -0.39 is 11.4 Å². The quantitative estimate of drug-likeness (QED) is 0.268. The van der Waals surface area contributed by atoms with Crippen molar-refractivity contribution in [3.63, 3.8) is 0 Å². The van der Waals surface area contributed by atoms with Crippen LogP contribution in [0.5, 0.6) is 0 Å². The van der Waals surface area contributed by atoms with Crippen LogP contribution in [-0.2, 0) is 24.8 Å². The van der Waals surface area contributed by atoms with Crippen LogP contribution in [0, 0.1) is 28.6 Å². The highest BCUT2D eigenvalue weighted by atomic mass is 16.8. The third-order valence-corrected chi connectivity index (χ3v) is 10.9. The molecule has 1 heterocycles. The number of benzene rings is 1. The van der Waals surface area contributed by atoms with E-state index in [1.165, 1.54) is 5.57 Å². The molecule has 1 aromatic rings. The molecule has 5 aliphatic rings. The highest BCUT2D eigenvalue weighted by Crippen LogP contribution is 2.71. The maximum Gasteiger partial charge on any atom is 0.193 e. The van der Waals surface area contributed by atoms with Crippen LogP contribution in [0.4, 0.5) is 5.69 Å². The first-order valence-electron chi connectivity index (χ1n) is 13.4. The molecule has 6 rings (SSSR count). The number of Topliss-reactive ketones (excluding diaryl/α,β-unsaturated/α-hetero) is 1. The lowest BCUT2D eigenvalue weighted by atomic mass is 9.46. The van der Waals surface area contributed by atoms with Crippen molar-refractivity contribution < 1.29 is 19.1 Å². The van der Waals surface area contributed by atoms with Crippen LogP contribution in [-0.4, -0.2) is 23.3 Å². The molecule has 8 atom stereocenters. The van der Waals surface area contributed by atoms with E-state index in [0.29, 0.717) is 29.9 Å². The van der Waals surface area contributed by atoms with Crippen molar-refractivity contribution in [2.45, 2.75) is 90.1 Å². The lowest BCUT2D eigenvalue weighted by Gasteiger charge is -2.59.